The fraction of sp³-hybridized carbons (Fsp3) is 0.250. The van der Waals surface area contributed by atoms with E-state index in [2.05, 4.69) is 29.4 Å². The molecule has 2 aromatic heterocycles. The van der Waals surface area contributed by atoms with Crippen molar-refractivity contribution in [1.82, 2.24) is 14.8 Å². The van der Waals surface area contributed by atoms with E-state index in [1.165, 1.54) is 0 Å². The standard InChI is InChI=1S/C16H18N4O2/c1-9(2)20-7-10(3)13(8-20)16(22)17-15-12-5-4-11(21)6-14(12)18-19-15/h4-9,21H,1-3H3,(H2,17,18,19,22). The minimum absolute atomic E-state index is 0.152. The number of aryl methyl sites for hydroxylation is 1. The number of aromatic hydroxyl groups is 1. The second kappa shape index (κ2) is 5.22. The molecule has 0 atom stereocenters. The zero-order chi connectivity index (χ0) is 15.9. The van der Waals surface area contributed by atoms with E-state index in [9.17, 15) is 9.90 Å². The summed E-state index contributed by atoms with van der Waals surface area (Å²) in [4.78, 5) is 12.5. The monoisotopic (exact) mass is 298 g/mol. The lowest BCUT2D eigenvalue weighted by molar-refractivity contribution is 0.102. The van der Waals surface area contributed by atoms with Crippen LogP contribution in [0.3, 0.4) is 0 Å². The Morgan fingerprint density at radius 1 is 1.36 bits per heavy atom. The zero-order valence-corrected chi connectivity index (χ0v) is 12.7. The van der Waals surface area contributed by atoms with Gasteiger partial charge in [-0.05, 0) is 38.5 Å². The van der Waals surface area contributed by atoms with Gasteiger partial charge in [0, 0.05) is 29.9 Å². The number of phenolic OH excluding ortho intramolecular Hbond substituents is 1. The number of benzene rings is 1. The third-order valence-corrected chi connectivity index (χ3v) is 3.67. The highest BCUT2D eigenvalue weighted by atomic mass is 16.3. The predicted molar refractivity (Wildman–Crippen MR) is 85.3 cm³/mol. The summed E-state index contributed by atoms with van der Waals surface area (Å²) in [6, 6.07) is 5.15. The molecule has 3 aromatic rings. The highest BCUT2D eigenvalue weighted by molar-refractivity contribution is 6.08. The van der Waals surface area contributed by atoms with E-state index in [0.717, 1.165) is 10.9 Å². The molecule has 0 radical (unpaired) electrons. The Labute approximate surface area is 127 Å². The summed E-state index contributed by atoms with van der Waals surface area (Å²) in [5.74, 6) is 0.411. The van der Waals surface area contributed by atoms with Crippen LogP contribution in [0.15, 0.2) is 30.6 Å². The molecule has 114 valence electrons. The molecular formula is C16H18N4O2. The molecule has 3 rings (SSSR count). The summed E-state index contributed by atoms with van der Waals surface area (Å²) in [7, 11) is 0. The van der Waals surface area contributed by atoms with Gasteiger partial charge in [-0.3, -0.25) is 9.89 Å². The molecule has 0 saturated heterocycles. The molecule has 0 spiro atoms. The van der Waals surface area contributed by atoms with Crippen molar-refractivity contribution in [1.29, 1.82) is 0 Å². The van der Waals surface area contributed by atoms with Crippen LogP contribution in [0.5, 0.6) is 5.75 Å². The summed E-state index contributed by atoms with van der Waals surface area (Å²) < 4.78 is 2.00. The Bertz CT molecular complexity index is 845. The maximum atomic E-state index is 12.5. The number of hydrogen-bond donors (Lipinski definition) is 3. The van der Waals surface area contributed by atoms with Gasteiger partial charge in [-0.25, -0.2) is 0 Å². The Balaban J connectivity index is 1.90. The predicted octanol–water partition coefficient (Wildman–Crippen LogP) is 3.21. The summed E-state index contributed by atoms with van der Waals surface area (Å²) >= 11 is 0. The number of H-pyrrole nitrogens is 1. The molecule has 0 aliphatic carbocycles. The van der Waals surface area contributed by atoms with E-state index >= 15 is 0 Å². The summed E-state index contributed by atoms with van der Waals surface area (Å²) in [6.45, 7) is 6.04. The summed E-state index contributed by atoms with van der Waals surface area (Å²) in [5, 5.41) is 19.9. The first-order valence-corrected chi connectivity index (χ1v) is 7.12. The van der Waals surface area contributed by atoms with Gasteiger partial charge in [0.2, 0.25) is 0 Å². The van der Waals surface area contributed by atoms with E-state index in [0.29, 0.717) is 22.9 Å². The van der Waals surface area contributed by atoms with E-state index in [1.807, 2.05) is 23.9 Å². The minimum atomic E-state index is -0.196. The number of phenols is 1. The number of rotatable bonds is 3. The van der Waals surface area contributed by atoms with Crippen LogP contribution in [0.1, 0.15) is 35.8 Å². The van der Waals surface area contributed by atoms with Crippen molar-refractivity contribution in [3.05, 3.63) is 41.7 Å². The molecule has 6 nitrogen and oxygen atoms in total. The molecular weight excluding hydrogens is 280 g/mol. The van der Waals surface area contributed by atoms with Crippen LogP contribution in [-0.4, -0.2) is 25.8 Å². The van der Waals surface area contributed by atoms with E-state index in [-0.39, 0.29) is 11.7 Å². The van der Waals surface area contributed by atoms with Gasteiger partial charge in [0.05, 0.1) is 11.1 Å². The van der Waals surface area contributed by atoms with Gasteiger partial charge < -0.3 is 15.0 Å². The number of carbonyl (C=O) groups excluding carboxylic acids is 1. The zero-order valence-electron chi connectivity index (χ0n) is 12.7. The number of amides is 1. The normalized spacial score (nSPS) is 11.3. The van der Waals surface area contributed by atoms with Gasteiger partial charge in [0.15, 0.2) is 5.82 Å². The number of fused-ring (bicyclic) bond motifs is 1. The van der Waals surface area contributed by atoms with Crippen molar-refractivity contribution in [2.45, 2.75) is 26.8 Å². The van der Waals surface area contributed by atoms with Crippen LogP contribution in [-0.2, 0) is 0 Å². The third-order valence-electron chi connectivity index (χ3n) is 3.67. The number of anilines is 1. The molecule has 1 amide bonds. The average molecular weight is 298 g/mol. The quantitative estimate of drug-likeness (QED) is 0.694. The van der Waals surface area contributed by atoms with Crippen molar-refractivity contribution < 1.29 is 9.90 Å². The Morgan fingerprint density at radius 2 is 2.14 bits per heavy atom. The van der Waals surface area contributed by atoms with Crippen molar-refractivity contribution in [3.63, 3.8) is 0 Å². The van der Waals surface area contributed by atoms with Crippen molar-refractivity contribution in [3.8, 4) is 5.75 Å². The lowest BCUT2D eigenvalue weighted by Crippen LogP contribution is -2.13. The lowest BCUT2D eigenvalue weighted by atomic mass is 10.2. The lowest BCUT2D eigenvalue weighted by Gasteiger charge is -2.05. The molecule has 3 N–H and O–H groups in total. The fourth-order valence-corrected chi connectivity index (χ4v) is 2.39. The molecule has 0 saturated carbocycles. The van der Waals surface area contributed by atoms with Gasteiger partial charge >= 0.3 is 0 Å². The van der Waals surface area contributed by atoms with E-state index in [1.54, 1.807) is 18.2 Å². The van der Waals surface area contributed by atoms with Gasteiger partial charge in [0.25, 0.3) is 5.91 Å². The second-order valence-electron chi connectivity index (χ2n) is 5.65. The van der Waals surface area contributed by atoms with Crippen molar-refractivity contribution in [2.24, 2.45) is 0 Å². The molecule has 1 aromatic carbocycles. The maximum absolute atomic E-state index is 12.5. The van der Waals surface area contributed by atoms with Crippen LogP contribution in [0.25, 0.3) is 10.9 Å². The fourth-order valence-electron chi connectivity index (χ4n) is 2.39. The van der Waals surface area contributed by atoms with Crippen LogP contribution in [0.2, 0.25) is 0 Å². The van der Waals surface area contributed by atoms with Crippen LogP contribution >= 0.6 is 0 Å². The SMILES string of the molecule is Cc1cn(C(C)C)cc1C(=O)Nc1n[nH]c2cc(O)ccc12. The number of aromatic nitrogens is 3. The average Bonchev–Trinajstić information content (AvgIpc) is 3.02. The Hall–Kier alpha value is -2.76. The molecule has 22 heavy (non-hydrogen) atoms. The minimum Gasteiger partial charge on any atom is -0.508 e. The number of hydrogen-bond acceptors (Lipinski definition) is 3. The molecule has 0 aliphatic heterocycles. The van der Waals surface area contributed by atoms with Gasteiger partial charge in [-0.1, -0.05) is 0 Å². The topological polar surface area (TPSA) is 82.9 Å². The molecule has 2 heterocycles. The van der Waals surface area contributed by atoms with Crippen LogP contribution in [0, 0.1) is 6.92 Å². The first-order valence-electron chi connectivity index (χ1n) is 7.12. The van der Waals surface area contributed by atoms with E-state index < -0.39 is 0 Å². The molecule has 0 bridgehead atoms. The molecule has 0 unspecified atom stereocenters. The molecule has 6 heteroatoms. The van der Waals surface area contributed by atoms with Gasteiger partial charge in [-0.15, -0.1) is 0 Å². The van der Waals surface area contributed by atoms with E-state index in [4.69, 9.17) is 0 Å². The maximum Gasteiger partial charge on any atom is 0.258 e. The highest BCUT2D eigenvalue weighted by Gasteiger charge is 2.15. The Kier molecular flexibility index (Phi) is 3.36. The smallest absolute Gasteiger partial charge is 0.258 e. The van der Waals surface area contributed by atoms with Crippen molar-refractivity contribution >= 4 is 22.6 Å². The third kappa shape index (κ3) is 2.43. The van der Waals surface area contributed by atoms with Crippen LogP contribution in [0.4, 0.5) is 5.82 Å². The number of carbonyl (C=O) groups is 1. The molecule has 0 aliphatic rings. The summed E-state index contributed by atoms with van der Waals surface area (Å²) in [6.07, 6.45) is 3.80. The van der Waals surface area contributed by atoms with Gasteiger partial charge in [0.1, 0.15) is 5.75 Å². The first-order chi connectivity index (χ1) is 10.5. The van der Waals surface area contributed by atoms with Crippen LogP contribution < -0.4 is 5.32 Å². The Morgan fingerprint density at radius 3 is 2.82 bits per heavy atom. The van der Waals surface area contributed by atoms with Gasteiger partial charge in [-0.2, -0.15) is 5.10 Å². The second-order valence-corrected chi connectivity index (χ2v) is 5.65. The van der Waals surface area contributed by atoms with Crippen molar-refractivity contribution in [2.75, 3.05) is 5.32 Å². The largest absolute Gasteiger partial charge is 0.508 e. The summed E-state index contributed by atoms with van der Waals surface area (Å²) in [5.41, 5.74) is 2.22. The number of nitrogens with one attached hydrogen (secondary N) is 2. The first kappa shape index (κ1) is 14.2. The molecule has 0 fully saturated rings. The number of aromatic amines is 1. The number of nitrogens with zero attached hydrogens (tertiary/aromatic N) is 2. The highest BCUT2D eigenvalue weighted by Crippen LogP contribution is 2.25.